The smallest absolute Gasteiger partial charge is 0.450 e. The molecule has 4 nitrogen and oxygen atoms in total. The van der Waals surface area contributed by atoms with Crippen LogP contribution >= 0.6 is 0 Å². The first-order valence-corrected chi connectivity index (χ1v) is 10.5. The first kappa shape index (κ1) is 22.0. The third-order valence-corrected chi connectivity index (χ3v) is 5.64. The zero-order chi connectivity index (χ0) is 22.9. The van der Waals surface area contributed by atoms with Crippen LogP contribution in [0.1, 0.15) is 59.2 Å². The number of carbonyl (C=O) groups is 1. The first-order valence-electron chi connectivity index (χ1n) is 10.5. The fraction of sp³-hybridized carbons (Fsp3) is 0.333. The number of hydrogen-bond acceptors (Lipinski definition) is 3. The van der Waals surface area contributed by atoms with Crippen molar-refractivity contribution in [2.45, 2.75) is 45.2 Å². The molecule has 0 saturated heterocycles. The molecule has 168 valence electrons. The summed E-state index contributed by atoms with van der Waals surface area (Å²) in [7, 11) is 0. The molecule has 0 bridgehead atoms. The van der Waals surface area contributed by atoms with Gasteiger partial charge in [-0.05, 0) is 43.7 Å². The molecule has 1 N–H and O–H groups in total. The van der Waals surface area contributed by atoms with Crippen LogP contribution in [0.4, 0.5) is 17.6 Å². The van der Waals surface area contributed by atoms with Crippen LogP contribution in [0.25, 0.3) is 5.70 Å². The van der Waals surface area contributed by atoms with E-state index in [0.717, 1.165) is 12.8 Å². The second kappa shape index (κ2) is 8.76. The molecular formula is C24H22F4N2O2. The Morgan fingerprint density at radius 1 is 1.19 bits per heavy atom. The molecule has 1 aliphatic heterocycles. The number of fused-ring (bicyclic) bond motifs is 1. The number of rotatable bonds is 4. The number of carbonyl (C=O) groups excluding carboxylic acids is 1. The Kier molecular flexibility index (Phi) is 6.04. The van der Waals surface area contributed by atoms with E-state index in [1.165, 1.54) is 24.4 Å². The van der Waals surface area contributed by atoms with E-state index in [2.05, 4.69) is 10.3 Å². The third kappa shape index (κ3) is 4.40. The molecule has 0 saturated carbocycles. The van der Waals surface area contributed by atoms with E-state index in [1.807, 2.05) is 6.92 Å². The summed E-state index contributed by atoms with van der Waals surface area (Å²) < 4.78 is 60.5. The summed E-state index contributed by atoms with van der Waals surface area (Å²) >= 11 is 0. The van der Waals surface area contributed by atoms with Crippen LogP contribution in [0.2, 0.25) is 0 Å². The fourth-order valence-corrected chi connectivity index (χ4v) is 4.04. The van der Waals surface area contributed by atoms with E-state index in [9.17, 15) is 22.4 Å². The molecule has 4 rings (SSSR count). The number of benzene rings is 1. The van der Waals surface area contributed by atoms with Gasteiger partial charge in [-0.2, -0.15) is 13.2 Å². The summed E-state index contributed by atoms with van der Waals surface area (Å²) in [5.74, 6) is -2.26. The molecule has 0 radical (unpaired) electrons. The van der Waals surface area contributed by atoms with Gasteiger partial charge < -0.3 is 9.73 Å². The molecule has 1 aromatic heterocycles. The molecule has 1 amide bonds. The van der Waals surface area contributed by atoms with Gasteiger partial charge in [0, 0.05) is 12.0 Å². The lowest BCUT2D eigenvalue weighted by atomic mass is 9.92. The zero-order valence-corrected chi connectivity index (χ0v) is 17.4. The van der Waals surface area contributed by atoms with E-state index in [0.29, 0.717) is 36.3 Å². The summed E-state index contributed by atoms with van der Waals surface area (Å²) in [4.78, 5) is 16.8. The van der Waals surface area contributed by atoms with Gasteiger partial charge >= 0.3 is 6.18 Å². The average molecular weight is 446 g/mol. The van der Waals surface area contributed by atoms with Crippen LogP contribution in [0.15, 0.2) is 51.5 Å². The SMILES string of the molecule is CCC1C=C(NC(=O)c2ccccc2F)C=NC(c2c(C(F)(F)F)oc3c2CCCC3)=C1. The van der Waals surface area contributed by atoms with Crippen molar-refractivity contribution in [3.63, 3.8) is 0 Å². The highest BCUT2D eigenvalue weighted by molar-refractivity contribution is 6.00. The predicted octanol–water partition coefficient (Wildman–Crippen LogP) is 6.08. The van der Waals surface area contributed by atoms with Crippen molar-refractivity contribution >= 4 is 17.8 Å². The maximum atomic E-state index is 13.9. The Hall–Kier alpha value is -3.16. The number of nitrogens with one attached hydrogen (secondary N) is 1. The van der Waals surface area contributed by atoms with E-state index >= 15 is 0 Å². The van der Waals surface area contributed by atoms with Gasteiger partial charge in [-0.25, -0.2) is 4.39 Å². The highest BCUT2D eigenvalue weighted by Crippen LogP contribution is 2.43. The molecule has 2 aliphatic rings. The molecule has 1 aliphatic carbocycles. The highest BCUT2D eigenvalue weighted by atomic mass is 19.4. The van der Waals surface area contributed by atoms with Crippen LogP contribution < -0.4 is 5.32 Å². The van der Waals surface area contributed by atoms with E-state index < -0.39 is 23.7 Å². The van der Waals surface area contributed by atoms with Gasteiger partial charge in [0.15, 0.2) is 0 Å². The molecule has 1 aromatic carbocycles. The maximum Gasteiger partial charge on any atom is 0.450 e. The standard InChI is InChI=1S/C24H22F4N2O2/c1-2-14-11-15(30-23(31)16-7-3-5-9-18(16)25)13-29-19(12-14)21-17-8-4-6-10-20(17)32-22(21)24(26,27)28/h3,5,7,9,11-14H,2,4,6,8,10H2,1H3,(H,30,31). The Morgan fingerprint density at radius 3 is 2.66 bits per heavy atom. The predicted molar refractivity (Wildman–Crippen MR) is 113 cm³/mol. The second-order valence-corrected chi connectivity index (χ2v) is 7.85. The van der Waals surface area contributed by atoms with Crippen LogP contribution in [-0.4, -0.2) is 12.1 Å². The molecule has 0 spiro atoms. The van der Waals surface area contributed by atoms with Crippen molar-refractivity contribution < 1.29 is 26.8 Å². The van der Waals surface area contributed by atoms with Gasteiger partial charge in [0.25, 0.3) is 5.91 Å². The summed E-state index contributed by atoms with van der Waals surface area (Å²) in [6, 6.07) is 5.56. The van der Waals surface area contributed by atoms with Crippen molar-refractivity contribution in [2.75, 3.05) is 0 Å². The number of nitrogens with zero attached hydrogens (tertiary/aromatic N) is 1. The van der Waals surface area contributed by atoms with Gasteiger partial charge in [0.2, 0.25) is 5.76 Å². The highest BCUT2D eigenvalue weighted by Gasteiger charge is 2.42. The summed E-state index contributed by atoms with van der Waals surface area (Å²) in [5, 5.41) is 2.61. The number of allylic oxidation sites excluding steroid dienone is 3. The zero-order valence-electron chi connectivity index (χ0n) is 17.4. The monoisotopic (exact) mass is 446 g/mol. The molecule has 1 unspecified atom stereocenters. The molecular weight excluding hydrogens is 424 g/mol. The number of halogens is 4. The second-order valence-electron chi connectivity index (χ2n) is 7.85. The lowest BCUT2D eigenvalue weighted by Gasteiger charge is -2.12. The van der Waals surface area contributed by atoms with Crippen molar-refractivity contribution in [3.05, 3.63) is 76.1 Å². The third-order valence-electron chi connectivity index (χ3n) is 5.64. The van der Waals surface area contributed by atoms with E-state index in [4.69, 9.17) is 4.42 Å². The lowest BCUT2D eigenvalue weighted by Crippen LogP contribution is -2.24. The molecule has 1 atom stereocenters. The fourth-order valence-electron chi connectivity index (χ4n) is 4.04. The quantitative estimate of drug-likeness (QED) is 0.579. The van der Waals surface area contributed by atoms with Crippen LogP contribution in [0.3, 0.4) is 0 Å². The van der Waals surface area contributed by atoms with Crippen molar-refractivity contribution in [1.29, 1.82) is 0 Å². The minimum absolute atomic E-state index is 0.0167. The van der Waals surface area contributed by atoms with Crippen LogP contribution in [-0.2, 0) is 19.0 Å². The van der Waals surface area contributed by atoms with Gasteiger partial charge in [-0.3, -0.25) is 9.79 Å². The van der Waals surface area contributed by atoms with E-state index in [-0.39, 0.29) is 22.7 Å². The minimum Gasteiger partial charge on any atom is -0.455 e. The Balaban J connectivity index is 1.69. The number of amides is 1. The Labute approximate surface area is 182 Å². The van der Waals surface area contributed by atoms with Crippen LogP contribution in [0.5, 0.6) is 0 Å². The van der Waals surface area contributed by atoms with E-state index in [1.54, 1.807) is 18.2 Å². The Morgan fingerprint density at radius 2 is 1.94 bits per heavy atom. The molecule has 8 heteroatoms. The topological polar surface area (TPSA) is 54.6 Å². The van der Waals surface area contributed by atoms with Gasteiger partial charge in [-0.1, -0.05) is 31.2 Å². The summed E-state index contributed by atoms with van der Waals surface area (Å²) in [6.07, 6.45) is 3.14. The number of aryl methyl sites for hydroxylation is 1. The Bertz CT molecular complexity index is 1130. The van der Waals surface area contributed by atoms with Crippen molar-refractivity contribution in [2.24, 2.45) is 10.9 Å². The maximum absolute atomic E-state index is 13.9. The molecule has 32 heavy (non-hydrogen) atoms. The summed E-state index contributed by atoms with van der Waals surface area (Å²) in [5.41, 5.74) is 0.873. The number of alkyl halides is 3. The number of aliphatic imine (C=N–C) groups is 1. The summed E-state index contributed by atoms with van der Waals surface area (Å²) in [6.45, 7) is 1.88. The number of hydrogen-bond donors (Lipinski definition) is 1. The number of furan rings is 1. The molecule has 2 aromatic rings. The van der Waals surface area contributed by atoms with Crippen molar-refractivity contribution in [3.8, 4) is 0 Å². The van der Waals surface area contributed by atoms with Gasteiger partial charge in [0.1, 0.15) is 11.6 Å². The molecule has 2 heterocycles. The first-order chi connectivity index (χ1) is 15.3. The van der Waals surface area contributed by atoms with Gasteiger partial charge in [-0.15, -0.1) is 0 Å². The van der Waals surface area contributed by atoms with Gasteiger partial charge in [0.05, 0.1) is 28.7 Å². The normalized spacial score (nSPS) is 18.5. The average Bonchev–Trinajstić information content (AvgIpc) is 3.04. The van der Waals surface area contributed by atoms with Crippen LogP contribution in [0, 0.1) is 11.7 Å². The molecule has 0 fully saturated rings. The largest absolute Gasteiger partial charge is 0.455 e. The lowest BCUT2D eigenvalue weighted by molar-refractivity contribution is -0.153. The van der Waals surface area contributed by atoms with Crippen molar-refractivity contribution in [1.82, 2.24) is 5.32 Å². The minimum atomic E-state index is -4.65.